The molecule has 0 aromatic heterocycles. The zero-order valence-corrected chi connectivity index (χ0v) is 3.75. The molecule has 1 atom stereocenters. The van der Waals surface area contributed by atoms with Crippen molar-refractivity contribution in [3.8, 4) is 0 Å². The zero-order chi connectivity index (χ0) is 6.08. The lowest BCUT2D eigenvalue weighted by molar-refractivity contribution is -0.248. The van der Waals surface area contributed by atoms with Crippen molar-refractivity contribution in [2.24, 2.45) is 0 Å². The van der Waals surface area contributed by atoms with Gasteiger partial charge < -0.3 is 15.3 Å². The van der Waals surface area contributed by atoms with E-state index < -0.39 is 12.1 Å². The number of hydrogen-bond donors (Lipinski definition) is 3. The molecular weight excluding hydrogens is 100 g/mol. The normalized spacial score (nSPS) is 12.9. The molecule has 0 amide bonds. The van der Waals surface area contributed by atoms with Crippen LogP contribution in [0, 0.1) is 6.29 Å². The highest BCUT2D eigenvalue weighted by atomic mass is 16.6. The molecule has 0 aliphatic rings. The molecule has 2 radical (unpaired) electrons. The lowest BCUT2D eigenvalue weighted by atomic mass is 10.3. The molecule has 4 heteroatoms. The van der Waals surface area contributed by atoms with Crippen LogP contribution in [-0.2, 0) is 5.11 Å². The van der Waals surface area contributed by atoms with Crippen LogP contribution in [0.2, 0.25) is 0 Å². The van der Waals surface area contributed by atoms with Crippen molar-refractivity contribution in [3.05, 3.63) is 6.29 Å². The Labute approximate surface area is 40.6 Å². The molecule has 0 spiro atoms. The first-order valence-corrected chi connectivity index (χ1v) is 1.62. The Bertz CT molecular complexity index is 52.4. The predicted octanol–water partition coefficient (Wildman–Crippen LogP) is -0.640. The molecule has 7 heavy (non-hydrogen) atoms. The van der Waals surface area contributed by atoms with Crippen LogP contribution in [0.5, 0.6) is 0 Å². The maximum atomic E-state index is 9.82. The van der Waals surface area contributed by atoms with Crippen molar-refractivity contribution in [3.63, 3.8) is 0 Å². The molecule has 0 saturated carbocycles. The smallest absolute Gasteiger partial charge is 0.282 e. The van der Waals surface area contributed by atoms with Gasteiger partial charge in [0, 0.05) is 0 Å². The topological polar surface area (TPSA) is 80.6 Å². The predicted molar refractivity (Wildman–Crippen MR) is 18.4 cm³/mol. The molecule has 0 saturated heterocycles. The lowest BCUT2D eigenvalue weighted by Crippen LogP contribution is -2.30. The van der Waals surface area contributed by atoms with Crippen molar-refractivity contribution >= 4 is 0 Å². The molecule has 0 rings (SSSR count). The summed E-state index contributed by atoms with van der Waals surface area (Å²) < 4.78 is 0. The molecule has 42 valence electrons. The summed E-state index contributed by atoms with van der Waals surface area (Å²) in [7, 11) is 0. The van der Waals surface area contributed by atoms with E-state index >= 15 is 0 Å². The average Bonchev–Trinajstić information content (AvgIpc) is 1.31. The summed E-state index contributed by atoms with van der Waals surface area (Å²) in [4.78, 5) is 0. The second kappa shape index (κ2) is 1.75. The third-order valence-corrected chi connectivity index (χ3v) is 0.415. The van der Waals surface area contributed by atoms with Crippen molar-refractivity contribution in [1.29, 1.82) is 0 Å². The molecule has 0 aliphatic heterocycles. The summed E-state index contributed by atoms with van der Waals surface area (Å²) in [6.07, 6.45) is -1.51. The number of aliphatic hydroxyl groups is 3. The standard InChI is InChI=1S/C3H6O4/c1-3(6,7)2(4)5/h4-6H,1H3. The molecule has 0 bridgehead atoms. The summed E-state index contributed by atoms with van der Waals surface area (Å²) in [6, 6.07) is 0. The molecule has 3 N–H and O–H groups in total. The third kappa shape index (κ3) is 2.52. The van der Waals surface area contributed by atoms with Crippen LogP contribution in [0.1, 0.15) is 6.92 Å². The van der Waals surface area contributed by atoms with Crippen molar-refractivity contribution < 1.29 is 20.4 Å². The first-order chi connectivity index (χ1) is 2.94. The van der Waals surface area contributed by atoms with E-state index in [1.807, 2.05) is 0 Å². The van der Waals surface area contributed by atoms with Crippen LogP contribution in [0.4, 0.5) is 0 Å². The van der Waals surface area contributed by atoms with Crippen LogP contribution < -0.4 is 0 Å². The Kier molecular flexibility index (Phi) is 1.71. The Balaban J connectivity index is 3.54. The molecule has 0 aromatic rings. The number of aliphatic hydroxyl groups excluding tert-OH is 1. The SMILES string of the molecule is CC([O])(O)[C](O)O. The summed E-state index contributed by atoms with van der Waals surface area (Å²) in [6.45, 7) is 0.725. The Morgan fingerprint density at radius 2 is 1.71 bits per heavy atom. The second-order valence-corrected chi connectivity index (χ2v) is 1.31. The van der Waals surface area contributed by atoms with Gasteiger partial charge in [-0.25, -0.2) is 0 Å². The molecule has 1 unspecified atom stereocenters. The van der Waals surface area contributed by atoms with E-state index in [2.05, 4.69) is 0 Å². The van der Waals surface area contributed by atoms with E-state index in [0.717, 1.165) is 6.92 Å². The van der Waals surface area contributed by atoms with Gasteiger partial charge in [0.05, 0.1) is 0 Å². The lowest BCUT2D eigenvalue weighted by Gasteiger charge is -2.11. The molecule has 0 heterocycles. The Hall–Kier alpha value is -0.160. The van der Waals surface area contributed by atoms with Gasteiger partial charge >= 0.3 is 0 Å². The fourth-order valence-corrected chi connectivity index (χ4v) is 0. The van der Waals surface area contributed by atoms with Crippen LogP contribution in [0.25, 0.3) is 0 Å². The van der Waals surface area contributed by atoms with E-state index in [-0.39, 0.29) is 0 Å². The van der Waals surface area contributed by atoms with Crippen LogP contribution in [0.15, 0.2) is 0 Å². The van der Waals surface area contributed by atoms with Crippen LogP contribution in [-0.4, -0.2) is 21.1 Å². The highest BCUT2D eigenvalue weighted by Gasteiger charge is 2.28. The second-order valence-electron chi connectivity index (χ2n) is 1.31. The number of hydrogen-bond acceptors (Lipinski definition) is 3. The van der Waals surface area contributed by atoms with Gasteiger partial charge in [0.1, 0.15) is 0 Å². The van der Waals surface area contributed by atoms with Gasteiger partial charge in [-0.15, -0.1) is 0 Å². The minimum absolute atomic E-state index is 0.725. The maximum Gasteiger partial charge on any atom is 0.282 e. The van der Waals surface area contributed by atoms with E-state index in [0.29, 0.717) is 0 Å². The van der Waals surface area contributed by atoms with Crippen LogP contribution in [0.3, 0.4) is 0 Å². The quantitative estimate of drug-likeness (QED) is 0.389. The van der Waals surface area contributed by atoms with E-state index in [1.54, 1.807) is 0 Å². The fourth-order valence-electron chi connectivity index (χ4n) is 0. The summed E-state index contributed by atoms with van der Waals surface area (Å²) in [5.41, 5.74) is 0. The van der Waals surface area contributed by atoms with E-state index in [9.17, 15) is 5.11 Å². The Morgan fingerprint density at radius 3 is 1.71 bits per heavy atom. The van der Waals surface area contributed by atoms with Gasteiger partial charge in [0.25, 0.3) is 12.1 Å². The molecule has 0 aliphatic carbocycles. The highest BCUT2D eigenvalue weighted by Crippen LogP contribution is 2.07. The third-order valence-electron chi connectivity index (χ3n) is 0.415. The summed E-state index contributed by atoms with van der Waals surface area (Å²) in [5.74, 6) is -2.72. The zero-order valence-electron chi connectivity index (χ0n) is 3.75. The van der Waals surface area contributed by atoms with Crippen molar-refractivity contribution in [1.82, 2.24) is 0 Å². The highest BCUT2D eigenvalue weighted by molar-refractivity contribution is 4.72. The van der Waals surface area contributed by atoms with Gasteiger partial charge in [-0.2, -0.15) is 5.11 Å². The van der Waals surface area contributed by atoms with Crippen LogP contribution >= 0.6 is 0 Å². The largest absolute Gasteiger partial charge is 0.359 e. The van der Waals surface area contributed by atoms with Gasteiger partial charge in [-0.1, -0.05) is 0 Å². The molecule has 4 nitrogen and oxygen atoms in total. The average molecular weight is 106 g/mol. The number of rotatable bonds is 1. The minimum Gasteiger partial charge on any atom is -0.359 e. The summed E-state index contributed by atoms with van der Waals surface area (Å²) >= 11 is 0. The minimum atomic E-state index is -2.72. The summed E-state index contributed by atoms with van der Waals surface area (Å²) in [5, 5.41) is 33.4. The first kappa shape index (κ1) is 6.84. The van der Waals surface area contributed by atoms with Crippen molar-refractivity contribution in [2.45, 2.75) is 12.7 Å². The van der Waals surface area contributed by atoms with E-state index in [4.69, 9.17) is 15.3 Å². The van der Waals surface area contributed by atoms with Crippen molar-refractivity contribution in [2.75, 3.05) is 0 Å². The van der Waals surface area contributed by atoms with E-state index in [1.165, 1.54) is 0 Å². The maximum absolute atomic E-state index is 9.82. The molecular formula is C3H6O4. The Morgan fingerprint density at radius 1 is 1.57 bits per heavy atom. The first-order valence-electron chi connectivity index (χ1n) is 1.62. The molecule has 0 aromatic carbocycles. The van der Waals surface area contributed by atoms with Gasteiger partial charge in [-0.05, 0) is 6.92 Å². The molecule has 0 fully saturated rings. The van der Waals surface area contributed by atoms with Gasteiger partial charge in [0.2, 0.25) is 0 Å². The van der Waals surface area contributed by atoms with Gasteiger partial charge in [-0.3, -0.25) is 0 Å². The fraction of sp³-hybridized carbons (Fsp3) is 0.667. The monoisotopic (exact) mass is 106 g/mol. The van der Waals surface area contributed by atoms with Gasteiger partial charge in [0.15, 0.2) is 0 Å².